The van der Waals surface area contributed by atoms with E-state index in [1.54, 1.807) is 6.92 Å². The van der Waals surface area contributed by atoms with Gasteiger partial charge in [-0.15, -0.1) is 12.3 Å². The molecular formula is C17H27N5OS. The van der Waals surface area contributed by atoms with Gasteiger partial charge in [-0.1, -0.05) is 32.1 Å². The Bertz CT molecular complexity index is 579. The molecule has 0 spiro atoms. The summed E-state index contributed by atoms with van der Waals surface area (Å²) in [5.74, 6) is 3.33. The van der Waals surface area contributed by atoms with Crippen LogP contribution >= 0.6 is 12.2 Å². The summed E-state index contributed by atoms with van der Waals surface area (Å²) in [5, 5.41) is 15.3. The third-order valence-electron chi connectivity index (χ3n) is 3.25. The number of aromatic nitrogens is 2. The Kier molecular flexibility index (Phi) is 11.2. The number of anilines is 2. The Morgan fingerprint density at radius 2 is 2.17 bits per heavy atom. The number of nitrogen functional groups attached to an aromatic ring is 1. The summed E-state index contributed by atoms with van der Waals surface area (Å²) < 4.78 is 0. The number of nitrogens with zero attached hydrogens (tertiary/aromatic N) is 2. The number of thiocarbonyl (C=S) groups is 1. The highest BCUT2D eigenvalue weighted by Gasteiger charge is 2.15. The second-order valence-corrected chi connectivity index (χ2v) is 5.44. The smallest absolute Gasteiger partial charge is 0.222 e. The lowest BCUT2D eigenvalue weighted by atomic mass is 10.0. The van der Waals surface area contributed by atoms with Gasteiger partial charge in [0.05, 0.1) is 11.3 Å². The molecule has 1 unspecified atom stereocenters. The highest BCUT2D eigenvalue weighted by molar-refractivity contribution is 7.80. The van der Waals surface area contributed by atoms with Gasteiger partial charge in [0.15, 0.2) is 0 Å². The van der Waals surface area contributed by atoms with Gasteiger partial charge >= 0.3 is 0 Å². The molecule has 5 N–H and O–H groups in total. The van der Waals surface area contributed by atoms with Crippen molar-refractivity contribution in [1.82, 2.24) is 15.3 Å². The molecule has 0 saturated heterocycles. The van der Waals surface area contributed by atoms with Gasteiger partial charge in [0.2, 0.25) is 5.95 Å². The molecule has 0 bridgehead atoms. The van der Waals surface area contributed by atoms with E-state index < -0.39 is 0 Å². The van der Waals surface area contributed by atoms with Gasteiger partial charge in [0.1, 0.15) is 10.8 Å². The first-order chi connectivity index (χ1) is 11.4. The van der Waals surface area contributed by atoms with Crippen LogP contribution in [0.2, 0.25) is 0 Å². The van der Waals surface area contributed by atoms with Gasteiger partial charge in [-0.05, 0) is 32.4 Å². The maximum atomic E-state index is 9.21. The van der Waals surface area contributed by atoms with Gasteiger partial charge in [-0.2, -0.15) is 4.98 Å². The number of nitrogens with two attached hydrogens (primary N) is 1. The Hall–Kier alpha value is -2.17. The molecule has 1 aromatic rings. The molecule has 0 amide bonds. The Labute approximate surface area is 150 Å². The number of hydrogen-bond donors (Lipinski definition) is 4. The summed E-state index contributed by atoms with van der Waals surface area (Å²) in [6.07, 6.45) is 7.89. The van der Waals surface area contributed by atoms with Crippen molar-refractivity contribution in [2.75, 3.05) is 24.2 Å². The summed E-state index contributed by atoms with van der Waals surface area (Å²) in [6.45, 7) is 10.0. The molecule has 0 radical (unpaired) electrons. The van der Waals surface area contributed by atoms with Crippen LogP contribution < -0.4 is 16.4 Å². The molecule has 1 rings (SSSR count). The van der Waals surface area contributed by atoms with Gasteiger partial charge < -0.3 is 21.5 Å². The largest absolute Gasteiger partial charge is 0.396 e. The van der Waals surface area contributed by atoms with E-state index in [1.165, 1.54) is 6.20 Å². The number of aliphatic hydroxyl groups is 1. The summed E-state index contributed by atoms with van der Waals surface area (Å²) in [5.41, 5.74) is 7.13. The number of hydrogen-bond acceptors (Lipinski definition) is 6. The monoisotopic (exact) mass is 349 g/mol. The molecule has 6 nitrogen and oxygen atoms in total. The van der Waals surface area contributed by atoms with Crippen LogP contribution in [0.3, 0.4) is 0 Å². The fraction of sp³-hybridized carbons (Fsp3) is 0.471. The second-order valence-electron chi connectivity index (χ2n) is 5.03. The van der Waals surface area contributed by atoms with Crippen molar-refractivity contribution in [1.29, 1.82) is 0 Å². The SMILES string of the molecule is C#CC.C=CNC(=S)c1c(C)nc(N)nc1NCCC(CC)CO. The van der Waals surface area contributed by atoms with Crippen LogP contribution in [-0.4, -0.2) is 33.2 Å². The molecule has 0 aliphatic heterocycles. The van der Waals surface area contributed by atoms with E-state index in [2.05, 4.69) is 46.4 Å². The van der Waals surface area contributed by atoms with Gasteiger partial charge in [-0.3, -0.25) is 0 Å². The van der Waals surface area contributed by atoms with E-state index >= 15 is 0 Å². The number of terminal acetylenes is 1. The number of nitrogens with one attached hydrogen (secondary N) is 2. The first kappa shape index (κ1) is 21.8. The van der Waals surface area contributed by atoms with Crippen molar-refractivity contribution >= 4 is 29.0 Å². The molecule has 0 aliphatic rings. The summed E-state index contributed by atoms with van der Waals surface area (Å²) >= 11 is 5.30. The van der Waals surface area contributed by atoms with Crippen LogP contribution in [0.1, 0.15) is 37.9 Å². The van der Waals surface area contributed by atoms with Crippen LogP contribution in [0.4, 0.5) is 11.8 Å². The lowest BCUT2D eigenvalue weighted by Crippen LogP contribution is -2.22. The van der Waals surface area contributed by atoms with Crippen LogP contribution in [0, 0.1) is 25.2 Å². The van der Waals surface area contributed by atoms with Crippen LogP contribution in [0.15, 0.2) is 12.8 Å². The molecule has 0 fully saturated rings. The summed E-state index contributed by atoms with van der Waals surface area (Å²) in [4.78, 5) is 8.85. The Morgan fingerprint density at radius 1 is 1.54 bits per heavy atom. The normalized spacial score (nSPS) is 10.6. The van der Waals surface area contributed by atoms with Crippen molar-refractivity contribution in [2.45, 2.75) is 33.6 Å². The van der Waals surface area contributed by atoms with Crippen LogP contribution in [-0.2, 0) is 0 Å². The molecule has 0 aliphatic carbocycles. The van der Waals surface area contributed by atoms with Crippen molar-refractivity contribution in [2.24, 2.45) is 5.92 Å². The summed E-state index contributed by atoms with van der Waals surface area (Å²) in [7, 11) is 0. The lowest BCUT2D eigenvalue weighted by Gasteiger charge is -2.16. The fourth-order valence-electron chi connectivity index (χ4n) is 1.98. The first-order valence-electron chi connectivity index (χ1n) is 7.72. The van der Waals surface area contributed by atoms with Gasteiger partial charge in [0, 0.05) is 13.2 Å². The number of aryl methyl sites for hydroxylation is 1. The van der Waals surface area contributed by atoms with E-state index in [0.717, 1.165) is 18.4 Å². The molecule has 1 atom stereocenters. The Balaban J connectivity index is 0.00000163. The third-order valence-corrected chi connectivity index (χ3v) is 3.57. The highest BCUT2D eigenvalue weighted by Crippen LogP contribution is 2.18. The molecule has 1 heterocycles. The highest BCUT2D eigenvalue weighted by atomic mass is 32.1. The van der Waals surface area contributed by atoms with E-state index in [0.29, 0.717) is 23.0 Å². The van der Waals surface area contributed by atoms with Crippen molar-refractivity contribution < 1.29 is 5.11 Å². The molecule has 0 saturated carbocycles. The van der Waals surface area contributed by atoms with Crippen LogP contribution in [0.5, 0.6) is 0 Å². The molecule has 24 heavy (non-hydrogen) atoms. The zero-order valence-electron chi connectivity index (χ0n) is 14.6. The van der Waals surface area contributed by atoms with Crippen molar-refractivity contribution in [3.8, 4) is 12.3 Å². The standard InChI is InChI=1S/C14H23N5OS.C3H4/c1-4-10(8-20)6-7-17-12-11(13(21)16-5-2)9(3)18-14(15)19-12;1-3-2/h5,10,20H,2,4,6-8H2,1,3H3,(H,16,21)(H3,15,17,18,19);1H,2H3. The zero-order valence-corrected chi connectivity index (χ0v) is 15.4. The lowest BCUT2D eigenvalue weighted by molar-refractivity contribution is 0.217. The Morgan fingerprint density at radius 3 is 2.67 bits per heavy atom. The maximum Gasteiger partial charge on any atom is 0.222 e. The predicted molar refractivity (Wildman–Crippen MR) is 105 cm³/mol. The minimum absolute atomic E-state index is 0.187. The zero-order chi connectivity index (χ0) is 18.5. The molecule has 7 heteroatoms. The maximum absolute atomic E-state index is 9.21. The minimum atomic E-state index is 0.187. The number of aliphatic hydroxyl groups excluding tert-OH is 1. The van der Waals surface area contributed by atoms with Gasteiger partial charge in [-0.25, -0.2) is 4.98 Å². The fourth-order valence-corrected chi connectivity index (χ4v) is 2.31. The molecular weight excluding hydrogens is 322 g/mol. The average molecular weight is 350 g/mol. The average Bonchev–Trinajstić information content (AvgIpc) is 2.52. The molecule has 1 aromatic heterocycles. The van der Waals surface area contributed by atoms with E-state index in [1.807, 2.05) is 6.92 Å². The van der Waals surface area contributed by atoms with Gasteiger partial charge in [0.25, 0.3) is 0 Å². The third kappa shape index (κ3) is 7.40. The van der Waals surface area contributed by atoms with Crippen LogP contribution in [0.25, 0.3) is 0 Å². The van der Waals surface area contributed by atoms with Crippen molar-refractivity contribution in [3.05, 3.63) is 24.0 Å². The second kappa shape index (κ2) is 12.3. The van der Waals surface area contributed by atoms with E-state index in [9.17, 15) is 5.11 Å². The number of rotatable bonds is 8. The summed E-state index contributed by atoms with van der Waals surface area (Å²) in [6, 6.07) is 0. The van der Waals surface area contributed by atoms with E-state index in [-0.39, 0.29) is 18.5 Å². The minimum Gasteiger partial charge on any atom is -0.396 e. The van der Waals surface area contributed by atoms with E-state index in [4.69, 9.17) is 18.0 Å². The molecule has 132 valence electrons. The topological polar surface area (TPSA) is 96.1 Å². The predicted octanol–water partition coefficient (Wildman–Crippen LogP) is 2.24. The first-order valence-corrected chi connectivity index (χ1v) is 8.13. The van der Waals surface area contributed by atoms with Crippen molar-refractivity contribution in [3.63, 3.8) is 0 Å². The molecule has 0 aromatic carbocycles. The quantitative estimate of drug-likeness (QED) is 0.422.